The monoisotopic (exact) mass is 215 g/mol. The largest absolute Gasteiger partial charge is 0.355 e. The van der Waals surface area contributed by atoms with Crippen molar-refractivity contribution < 1.29 is 4.79 Å². The maximum atomic E-state index is 11.1. The molecule has 0 saturated heterocycles. The van der Waals surface area contributed by atoms with E-state index in [-0.39, 0.29) is 5.91 Å². The molecule has 0 aromatic heterocycles. The molecule has 0 unspecified atom stereocenters. The minimum Gasteiger partial charge on any atom is -0.355 e. The zero-order valence-corrected chi connectivity index (χ0v) is 10.3. The van der Waals surface area contributed by atoms with Crippen molar-refractivity contribution >= 4 is 5.91 Å². The smallest absolute Gasteiger partial charge is 0.233 e. The Morgan fingerprint density at radius 1 is 1.20 bits per heavy atom. The number of hydrogen-bond donors (Lipinski definition) is 2. The van der Waals surface area contributed by atoms with Gasteiger partial charge in [-0.05, 0) is 39.5 Å². The van der Waals surface area contributed by atoms with Gasteiger partial charge in [-0.25, -0.2) is 0 Å². The first-order chi connectivity index (χ1) is 7.24. The Kier molecular flexibility index (Phi) is 9.52. The fourth-order valence-corrected chi connectivity index (χ4v) is 1.45. The number of likely N-dealkylation sites (N-methyl/N-ethyl adjacent to an activating group) is 1. The number of nitrogens with one attached hydrogen (secondary N) is 2. The second kappa shape index (κ2) is 9.93. The highest BCUT2D eigenvalue weighted by Gasteiger charge is 1.99. The normalized spacial score (nSPS) is 10.7. The van der Waals surface area contributed by atoms with Crippen LogP contribution in [0.3, 0.4) is 0 Å². The van der Waals surface area contributed by atoms with Crippen molar-refractivity contribution in [3.63, 3.8) is 0 Å². The number of nitrogens with zero attached hydrogens (tertiary/aromatic N) is 1. The van der Waals surface area contributed by atoms with E-state index < -0.39 is 0 Å². The molecule has 90 valence electrons. The van der Waals surface area contributed by atoms with Crippen LogP contribution in [0.5, 0.6) is 0 Å². The molecular formula is C11H25N3O. The van der Waals surface area contributed by atoms with E-state index in [1.807, 2.05) is 0 Å². The Hall–Kier alpha value is -0.610. The first-order valence-corrected chi connectivity index (χ1v) is 5.88. The maximum Gasteiger partial charge on any atom is 0.233 e. The molecule has 2 N–H and O–H groups in total. The van der Waals surface area contributed by atoms with Gasteiger partial charge in [0.25, 0.3) is 0 Å². The van der Waals surface area contributed by atoms with Crippen molar-refractivity contribution in [2.45, 2.75) is 26.7 Å². The molecule has 0 aliphatic heterocycles. The lowest BCUT2D eigenvalue weighted by Gasteiger charge is -2.17. The van der Waals surface area contributed by atoms with Gasteiger partial charge in [-0.3, -0.25) is 4.79 Å². The van der Waals surface area contributed by atoms with Crippen LogP contribution < -0.4 is 10.6 Å². The van der Waals surface area contributed by atoms with E-state index in [0.717, 1.165) is 39.0 Å². The van der Waals surface area contributed by atoms with Crippen LogP contribution in [0, 0.1) is 0 Å². The van der Waals surface area contributed by atoms with Gasteiger partial charge in [0.1, 0.15) is 0 Å². The molecule has 0 aromatic rings. The van der Waals surface area contributed by atoms with Gasteiger partial charge in [0.2, 0.25) is 5.91 Å². The maximum absolute atomic E-state index is 11.1. The van der Waals surface area contributed by atoms with Gasteiger partial charge in [-0.1, -0.05) is 13.8 Å². The summed E-state index contributed by atoms with van der Waals surface area (Å²) in [5.74, 6) is 0.0836. The molecule has 0 heterocycles. The van der Waals surface area contributed by atoms with Gasteiger partial charge in [-0.2, -0.15) is 0 Å². The van der Waals surface area contributed by atoms with Crippen molar-refractivity contribution in [3.8, 4) is 0 Å². The first kappa shape index (κ1) is 14.4. The van der Waals surface area contributed by atoms with Gasteiger partial charge >= 0.3 is 0 Å². The summed E-state index contributed by atoms with van der Waals surface area (Å²) in [6.07, 6.45) is 2.22. The van der Waals surface area contributed by atoms with Crippen molar-refractivity contribution in [1.82, 2.24) is 15.5 Å². The molecule has 0 bridgehead atoms. The van der Waals surface area contributed by atoms with E-state index in [0.29, 0.717) is 6.54 Å². The van der Waals surface area contributed by atoms with Gasteiger partial charge in [0.15, 0.2) is 0 Å². The summed E-state index contributed by atoms with van der Waals surface area (Å²) in [7, 11) is 1.78. The summed E-state index contributed by atoms with van der Waals surface area (Å²) >= 11 is 0. The van der Waals surface area contributed by atoms with Gasteiger partial charge in [0.05, 0.1) is 6.54 Å². The molecule has 0 aromatic carbocycles. The number of carbonyl (C=O) groups excluding carboxylic acids is 1. The zero-order chi connectivity index (χ0) is 11.5. The Morgan fingerprint density at radius 2 is 1.87 bits per heavy atom. The average molecular weight is 215 g/mol. The number of hydrogen-bond acceptors (Lipinski definition) is 3. The van der Waals surface area contributed by atoms with Crippen LogP contribution in [-0.2, 0) is 4.79 Å². The topological polar surface area (TPSA) is 44.4 Å². The number of rotatable bonds is 9. The molecule has 4 nitrogen and oxygen atoms in total. The van der Waals surface area contributed by atoms with E-state index in [4.69, 9.17) is 0 Å². The predicted octanol–water partition coefficient (Wildman–Crippen LogP) is 0.444. The van der Waals surface area contributed by atoms with Crippen LogP contribution in [-0.4, -0.2) is 50.6 Å². The summed E-state index contributed by atoms with van der Waals surface area (Å²) in [4.78, 5) is 13.5. The molecule has 0 radical (unpaired) electrons. The van der Waals surface area contributed by atoms with Crippen molar-refractivity contribution in [2.24, 2.45) is 0 Å². The van der Waals surface area contributed by atoms with Gasteiger partial charge in [-0.15, -0.1) is 0 Å². The van der Waals surface area contributed by atoms with Gasteiger partial charge < -0.3 is 15.5 Å². The van der Waals surface area contributed by atoms with Crippen LogP contribution in [0.2, 0.25) is 0 Å². The lowest BCUT2D eigenvalue weighted by molar-refractivity contribution is -0.120. The molecule has 0 atom stereocenters. The third-order valence-corrected chi connectivity index (χ3v) is 2.46. The van der Waals surface area contributed by atoms with E-state index in [2.05, 4.69) is 29.4 Å². The minimum absolute atomic E-state index is 0.0836. The predicted molar refractivity (Wildman–Crippen MR) is 64.0 cm³/mol. The first-order valence-electron chi connectivity index (χ1n) is 5.88. The Labute approximate surface area is 93.4 Å². The van der Waals surface area contributed by atoms with Crippen LogP contribution >= 0.6 is 0 Å². The van der Waals surface area contributed by atoms with Crippen LogP contribution in [0.4, 0.5) is 0 Å². The zero-order valence-electron chi connectivity index (χ0n) is 10.3. The van der Waals surface area contributed by atoms with Crippen LogP contribution in [0.25, 0.3) is 0 Å². The summed E-state index contributed by atoms with van der Waals surface area (Å²) in [6, 6.07) is 0. The molecule has 0 saturated carbocycles. The number of unbranched alkanes of at least 4 members (excludes halogenated alkanes) is 1. The third kappa shape index (κ3) is 8.39. The van der Waals surface area contributed by atoms with Crippen LogP contribution in [0.1, 0.15) is 26.7 Å². The molecule has 0 aliphatic carbocycles. The Balaban J connectivity index is 3.27. The van der Waals surface area contributed by atoms with E-state index >= 15 is 0 Å². The molecule has 0 rings (SSSR count). The molecule has 1 amide bonds. The van der Waals surface area contributed by atoms with Crippen molar-refractivity contribution in [2.75, 3.05) is 39.8 Å². The van der Waals surface area contributed by atoms with Crippen molar-refractivity contribution in [3.05, 3.63) is 0 Å². The highest BCUT2D eigenvalue weighted by Crippen LogP contribution is 1.93. The highest BCUT2D eigenvalue weighted by molar-refractivity contribution is 5.77. The summed E-state index contributed by atoms with van der Waals surface area (Å²) < 4.78 is 0. The van der Waals surface area contributed by atoms with E-state index in [1.54, 1.807) is 7.05 Å². The Morgan fingerprint density at radius 3 is 2.40 bits per heavy atom. The highest BCUT2D eigenvalue weighted by atomic mass is 16.1. The average Bonchev–Trinajstić information content (AvgIpc) is 2.24. The minimum atomic E-state index is 0.0836. The SMILES string of the molecule is CCN(CC)CCCCNC(=O)CNC. The molecular weight excluding hydrogens is 190 g/mol. The van der Waals surface area contributed by atoms with Crippen LogP contribution in [0.15, 0.2) is 0 Å². The third-order valence-electron chi connectivity index (χ3n) is 2.46. The number of amides is 1. The molecule has 0 fully saturated rings. The molecule has 0 spiro atoms. The van der Waals surface area contributed by atoms with Gasteiger partial charge in [0, 0.05) is 6.54 Å². The lowest BCUT2D eigenvalue weighted by atomic mass is 10.3. The fourth-order valence-electron chi connectivity index (χ4n) is 1.45. The quantitative estimate of drug-likeness (QED) is 0.549. The fraction of sp³-hybridized carbons (Fsp3) is 0.909. The van der Waals surface area contributed by atoms with Crippen molar-refractivity contribution in [1.29, 1.82) is 0 Å². The Bertz CT molecular complexity index is 158. The standard InChI is InChI=1S/C11H25N3O/c1-4-14(5-2)9-7-6-8-13-11(15)10-12-3/h12H,4-10H2,1-3H3,(H,13,15). The molecule has 15 heavy (non-hydrogen) atoms. The molecule has 0 aliphatic rings. The second-order valence-corrected chi connectivity index (χ2v) is 3.61. The van der Waals surface area contributed by atoms with E-state index in [9.17, 15) is 4.79 Å². The lowest BCUT2D eigenvalue weighted by Crippen LogP contribution is -2.33. The summed E-state index contributed by atoms with van der Waals surface area (Å²) in [6.45, 7) is 8.92. The van der Waals surface area contributed by atoms with E-state index in [1.165, 1.54) is 0 Å². The number of carbonyl (C=O) groups is 1. The second-order valence-electron chi connectivity index (χ2n) is 3.61. The summed E-state index contributed by atoms with van der Waals surface area (Å²) in [5.41, 5.74) is 0. The summed E-state index contributed by atoms with van der Waals surface area (Å²) in [5, 5.41) is 5.70. The molecule has 4 heteroatoms.